The molecule has 0 saturated heterocycles. The van der Waals surface area contributed by atoms with Crippen LogP contribution in [0, 0.1) is 6.92 Å². The number of hydrogen-bond donors (Lipinski definition) is 1. The molecule has 1 N–H and O–H groups in total. The van der Waals surface area contributed by atoms with Crippen LogP contribution >= 0.6 is 0 Å². The standard InChI is InChI=1S/C27H33NO3/c1-5-16-27(17-6-2,25-15-13-23(28-25)26(29)30-4)22-12-14-24(20(3)18-22)31-19-21-10-8-7-9-11-21/h7-15,18,28H,5-6,16-17,19H2,1-4H3. The van der Waals surface area contributed by atoms with E-state index >= 15 is 0 Å². The highest BCUT2D eigenvalue weighted by atomic mass is 16.5. The Hall–Kier alpha value is -3.01. The van der Waals surface area contributed by atoms with E-state index in [1.165, 1.54) is 12.7 Å². The maximum atomic E-state index is 12.0. The van der Waals surface area contributed by atoms with Gasteiger partial charge in [-0.05, 0) is 54.7 Å². The Labute approximate surface area is 185 Å². The average molecular weight is 420 g/mol. The molecule has 4 heteroatoms. The molecule has 0 fully saturated rings. The van der Waals surface area contributed by atoms with Crippen LogP contribution in [0.1, 0.15) is 72.4 Å². The quantitative estimate of drug-likeness (QED) is 0.378. The molecule has 1 heterocycles. The Balaban J connectivity index is 1.94. The minimum absolute atomic E-state index is 0.182. The Morgan fingerprint density at radius 2 is 1.68 bits per heavy atom. The van der Waals surface area contributed by atoms with Crippen molar-refractivity contribution in [2.24, 2.45) is 0 Å². The number of aromatic amines is 1. The molecule has 2 aromatic carbocycles. The van der Waals surface area contributed by atoms with Gasteiger partial charge < -0.3 is 14.5 Å². The van der Waals surface area contributed by atoms with Gasteiger partial charge in [0.15, 0.2) is 0 Å². The van der Waals surface area contributed by atoms with E-state index in [-0.39, 0.29) is 11.4 Å². The van der Waals surface area contributed by atoms with Crippen molar-refractivity contribution in [3.05, 3.63) is 88.7 Å². The molecule has 0 saturated carbocycles. The van der Waals surface area contributed by atoms with Crippen molar-refractivity contribution in [3.63, 3.8) is 0 Å². The Morgan fingerprint density at radius 1 is 0.968 bits per heavy atom. The van der Waals surface area contributed by atoms with Crippen molar-refractivity contribution in [3.8, 4) is 5.75 Å². The fraction of sp³-hybridized carbons (Fsp3) is 0.370. The zero-order valence-corrected chi connectivity index (χ0v) is 19.0. The molecule has 0 aliphatic heterocycles. The highest BCUT2D eigenvalue weighted by Crippen LogP contribution is 2.42. The number of aromatic nitrogens is 1. The molecule has 0 unspecified atom stereocenters. The molecule has 0 radical (unpaired) electrons. The Morgan fingerprint density at radius 3 is 2.29 bits per heavy atom. The van der Waals surface area contributed by atoms with Crippen molar-refractivity contribution < 1.29 is 14.3 Å². The smallest absolute Gasteiger partial charge is 0.354 e. The van der Waals surface area contributed by atoms with Gasteiger partial charge >= 0.3 is 5.97 Å². The lowest BCUT2D eigenvalue weighted by Gasteiger charge is -2.34. The molecule has 0 bridgehead atoms. The largest absolute Gasteiger partial charge is 0.489 e. The van der Waals surface area contributed by atoms with Gasteiger partial charge in [0.05, 0.1) is 7.11 Å². The summed E-state index contributed by atoms with van der Waals surface area (Å²) in [5.74, 6) is 0.560. The van der Waals surface area contributed by atoms with Crippen molar-refractivity contribution >= 4 is 5.97 Å². The van der Waals surface area contributed by atoms with E-state index in [1.54, 1.807) is 0 Å². The van der Waals surface area contributed by atoms with Crippen molar-refractivity contribution in [1.29, 1.82) is 0 Å². The predicted octanol–water partition coefficient (Wildman–Crippen LogP) is 6.58. The monoisotopic (exact) mass is 419 g/mol. The highest BCUT2D eigenvalue weighted by Gasteiger charge is 2.35. The second-order valence-electron chi connectivity index (χ2n) is 8.11. The molecule has 3 aromatic rings. The molecule has 164 valence electrons. The molecule has 0 aliphatic rings. The minimum Gasteiger partial charge on any atom is -0.489 e. The van der Waals surface area contributed by atoms with Gasteiger partial charge in [-0.3, -0.25) is 0 Å². The lowest BCUT2D eigenvalue weighted by molar-refractivity contribution is 0.0594. The number of carbonyl (C=O) groups excluding carboxylic acids is 1. The van der Waals surface area contributed by atoms with Crippen LogP contribution in [0.5, 0.6) is 5.75 Å². The first-order chi connectivity index (χ1) is 15.0. The van der Waals surface area contributed by atoms with Crippen LogP contribution in [0.15, 0.2) is 60.7 Å². The van der Waals surface area contributed by atoms with Gasteiger partial charge in [0.1, 0.15) is 18.1 Å². The van der Waals surface area contributed by atoms with Crippen molar-refractivity contribution in [1.82, 2.24) is 4.98 Å². The number of aryl methyl sites for hydroxylation is 1. The van der Waals surface area contributed by atoms with Gasteiger partial charge in [-0.15, -0.1) is 0 Å². The van der Waals surface area contributed by atoms with E-state index in [0.29, 0.717) is 12.3 Å². The number of benzene rings is 2. The van der Waals surface area contributed by atoms with Crippen LogP contribution in [-0.2, 0) is 16.8 Å². The molecule has 1 aromatic heterocycles. The summed E-state index contributed by atoms with van der Waals surface area (Å²) in [4.78, 5) is 15.4. The lowest BCUT2D eigenvalue weighted by atomic mass is 9.70. The average Bonchev–Trinajstić information content (AvgIpc) is 3.29. The second kappa shape index (κ2) is 10.3. The minimum atomic E-state index is -0.339. The van der Waals surface area contributed by atoms with Crippen LogP contribution in [-0.4, -0.2) is 18.1 Å². The van der Waals surface area contributed by atoms with E-state index in [2.05, 4.69) is 56.1 Å². The van der Waals surface area contributed by atoms with Gasteiger partial charge in [-0.25, -0.2) is 4.79 Å². The fourth-order valence-electron chi connectivity index (χ4n) is 4.44. The maximum absolute atomic E-state index is 12.0. The first-order valence-electron chi connectivity index (χ1n) is 11.1. The van der Waals surface area contributed by atoms with Crippen LogP contribution in [0.25, 0.3) is 0 Å². The number of esters is 1. The number of hydrogen-bond acceptors (Lipinski definition) is 3. The summed E-state index contributed by atoms with van der Waals surface area (Å²) in [6, 6.07) is 20.6. The third-order valence-electron chi connectivity index (χ3n) is 5.93. The van der Waals surface area contributed by atoms with Crippen LogP contribution in [0.2, 0.25) is 0 Å². The van der Waals surface area contributed by atoms with Gasteiger partial charge in [0, 0.05) is 11.1 Å². The number of ether oxygens (including phenoxy) is 2. The summed E-state index contributed by atoms with van der Waals surface area (Å²) < 4.78 is 11.0. The number of nitrogens with one attached hydrogen (secondary N) is 1. The summed E-state index contributed by atoms with van der Waals surface area (Å²) in [7, 11) is 1.41. The van der Waals surface area contributed by atoms with E-state index in [0.717, 1.165) is 48.3 Å². The normalized spacial score (nSPS) is 11.4. The number of methoxy groups -OCH3 is 1. The van der Waals surface area contributed by atoms with Crippen LogP contribution in [0.3, 0.4) is 0 Å². The van der Waals surface area contributed by atoms with Gasteiger partial charge in [-0.2, -0.15) is 0 Å². The highest BCUT2D eigenvalue weighted by molar-refractivity contribution is 5.87. The SMILES string of the molecule is CCCC(CCC)(c1ccc(OCc2ccccc2)c(C)c1)c1ccc(C(=O)OC)[nH]1. The van der Waals surface area contributed by atoms with Crippen LogP contribution in [0.4, 0.5) is 0 Å². The topological polar surface area (TPSA) is 51.3 Å². The van der Waals surface area contributed by atoms with E-state index in [1.807, 2.05) is 30.3 Å². The molecular formula is C27H33NO3. The zero-order valence-electron chi connectivity index (χ0n) is 19.0. The molecular weight excluding hydrogens is 386 g/mol. The Kier molecular flexibility index (Phi) is 7.56. The van der Waals surface area contributed by atoms with E-state index < -0.39 is 0 Å². The molecule has 0 amide bonds. The van der Waals surface area contributed by atoms with E-state index in [4.69, 9.17) is 9.47 Å². The van der Waals surface area contributed by atoms with Crippen molar-refractivity contribution in [2.75, 3.05) is 7.11 Å². The number of H-pyrrole nitrogens is 1. The first kappa shape index (κ1) is 22.7. The fourth-order valence-corrected chi connectivity index (χ4v) is 4.44. The molecule has 4 nitrogen and oxygen atoms in total. The lowest BCUT2D eigenvalue weighted by Crippen LogP contribution is -2.28. The third-order valence-corrected chi connectivity index (χ3v) is 5.93. The summed E-state index contributed by atoms with van der Waals surface area (Å²) >= 11 is 0. The van der Waals surface area contributed by atoms with Gasteiger partial charge in [0.25, 0.3) is 0 Å². The molecule has 3 rings (SSSR count). The molecule has 0 atom stereocenters. The van der Waals surface area contributed by atoms with Gasteiger partial charge in [-0.1, -0.05) is 69.2 Å². The molecule has 0 spiro atoms. The molecule has 0 aliphatic carbocycles. The number of carbonyl (C=O) groups is 1. The molecule has 31 heavy (non-hydrogen) atoms. The second-order valence-corrected chi connectivity index (χ2v) is 8.11. The summed E-state index contributed by atoms with van der Waals surface area (Å²) in [6.45, 7) is 7.06. The summed E-state index contributed by atoms with van der Waals surface area (Å²) in [5.41, 5.74) is 4.89. The van der Waals surface area contributed by atoms with Gasteiger partial charge in [0.2, 0.25) is 0 Å². The van der Waals surface area contributed by atoms with Crippen LogP contribution < -0.4 is 4.74 Å². The zero-order chi connectivity index (χ0) is 22.3. The Bertz CT molecular complexity index is 985. The summed E-state index contributed by atoms with van der Waals surface area (Å²) in [5, 5.41) is 0. The summed E-state index contributed by atoms with van der Waals surface area (Å²) in [6.07, 6.45) is 4.06. The number of rotatable bonds is 10. The van der Waals surface area contributed by atoms with Crippen molar-refractivity contribution in [2.45, 2.75) is 58.5 Å². The predicted molar refractivity (Wildman–Crippen MR) is 125 cm³/mol. The third kappa shape index (κ3) is 5.01. The maximum Gasteiger partial charge on any atom is 0.354 e. The first-order valence-corrected chi connectivity index (χ1v) is 11.1. The van der Waals surface area contributed by atoms with E-state index in [9.17, 15) is 4.79 Å².